The Kier molecular flexibility index (Phi) is 9.14. The summed E-state index contributed by atoms with van der Waals surface area (Å²) in [5.41, 5.74) is 15.5. The van der Waals surface area contributed by atoms with E-state index in [9.17, 15) is 0 Å². The van der Waals surface area contributed by atoms with Crippen LogP contribution in [0.25, 0.3) is 112 Å². The van der Waals surface area contributed by atoms with Crippen molar-refractivity contribution in [2.45, 2.75) is 0 Å². The number of fused-ring (bicyclic) bond motifs is 3. The second-order valence-electron chi connectivity index (χ2n) is 15.2. The van der Waals surface area contributed by atoms with Crippen LogP contribution in [-0.4, -0.2) is 15.0 Å². The minimum Gasteiger partial charge on any atom is -0.456 e. The molecule has 0 N–H and O–H groups in total. The third-order valence-corrected chi connectivity index (χ3v) is 11.3. The molecule has 0 amide bonds. The molecule has 2 heterocycles. The van der Waals surface area contributed by atoms with Gasteiger partial charge in [0.05, 0.1) is 0 Å². The monoisotopic (exact) mass is 779 g/mol. The molecule has 0 aliphatic carbocycles. The van der Waals surface area contributed by atoms with Crippen LogP contribution in [0.5, 0.6) is 0 Å². The number of aromatic nitrogens is 3. The molecule has 4 nitrogen and oxygen atoms in total. The van der Waals surface area contributed by atoms with Gasteiger partial charge in [0.15, 0.2) is 17.5 Å². The van der Waals surface area contributed by atoms with Gasteiger partial charge < -0.3 is 4.42 Å². The minimum atomic E-state index is 0.564. The van der Waals surface area contributed by atoms with Gasteiger partial charge in [0.2, 0.25) is 0 Å². The molecule has 0 aliphatic heterocycles. The summed E-state index contributed by atoms with van der Waals surface area (Å²) in [6.07, 6.45) is 0. The van der Waals surface area contributed by atoms with Crippen molar-refractivity contribution in [2.24, 2.45) is 0 Å². The molecule has 4 heteroatoms. The number of rotatable bonds is 8. The summed E-state index contributed by atoms with van der Waals surface area (Å²) in [5, 5.41) is 2.11. The molecule has 0 bridgehead atoms. The van der Waals surface area contributed by atoms with Gasteiger partial charge in [0.1, 0.15) is 11.2 Å². The third kappa shape index (κ3) is 7.07. The molecule has 0 aliphatic rings. The quantitative estimate of drug-likeness (QED) is 0.154. The maximum absolute atomic E-state index is 6.64. The Balaban J connectivity index is 1.08. The number of furan rings is 1. The number of nitrogens with zero attached hydrogens (tertiary/aromatic N) is 3. The second kappa shape index (κ2) is 15.5. The Bertz CT molecular complexity index is 3280. The highest BCUT2D eigenvalue weighted by atomic mass is 16.3. The van der Waals surface area contributed by atoms with Gasteiger partial charge in [0, 0.05) is 27.5 Å². The fourth-order valence-corrected chi connectivity index (χ4v) is 8.29. The SMILES string of the molecule is c1ccc(-c2cccc(-c3nc(-c4cc(-c5ccccc5)cc(-c5ccccc5)c4)nc(-c4ccc5c(c4)oc4cccc(-c6cccc(-c7ccccc7)c6)c45)n3)c2)cc1. The van der Waals surface area contributed by atoms with Gasteiger partial charge in [-0.05, 0) is 104 Å². The van der Waals surface area contributed by atoms with Crippen LogP contribution >= 0.6 is 0 Å². The highest BCUT2D eigenvalue weighted by Gasteiger charge is 2.18. The van der Waals surface area contributed by atoms with Crippen LogP contribution in [0.3, 0.4) is 0 Å². The molecule has 2 aromatic heterocycles. The van der Waals surface area contributed by atoms with E-state index in [0.29, 0.717) is 17.5 Å². The van der Waals surface area contributed by atoms with E-state index in [1.165, 1.54) is 11.1 Å². The van der Waals surface area contributed by atoms with Gasteiger partial charge in [-0.15, -0.1) is 0 Å². The predicted molar refractivity (Wildman–Crippen MR) is 251 cm³/mol. The van der Waals surface area contributed by atoms with E-state index < -0.39 is 0 Å². The molecular formula is C57H37N3O. The fourth-order valence-electron chi connectivity index (χ4n) is 8.29. The Morgan fingerprint density at radius 2 is 0.639 bits per heavy atom. The van der Waals surface area contributed by atoms with Crippen molar-refractivity contribution in [3.8, 4) is 89.8 Å². The highest BCUT2D eigenvalue weighted by Crippen LogP contribution is 2.40. The van der Waals surface area contributed by atoms with Crippen LogP contribution in [-0.2, 0) is 0 Å². The molecule has 0 radical (unpaired) electrons. The summed E-state index contributed by atoms with van der Waals surface area (Å²) in [4.78, 5) is 15.7. The summed E-state index contributed by atoms with van der Waals surface area (Å²) in [5.74, 6) is 1.74. The maximum atomic E-state index is 6.64. The largest absolute Gasteiger partial charge is 0.456 e. The lowest BCUT2D eigenvalue weighted by Crippen LogP contribution is -2.01. The van der Waals surface area contributed by atoms with E-state index in [-0.39, 0.29) is 0 Å². The van der Waals surface area contributed by atoms with Crippen molar-refractivity contribution >= 4 is 21.9 Å². The van der Waals surface area contributed by atoms with Gasteiger partial charge in [-0.2, -0.15) is 0 Å². The fraction of sp³-hybridized carbons (Fsp3) is 0. The maximum Gasteiger partial charge on any atom is 0.164 e. The first kappa shape index (κ1) is 35.9. The Morgan fingerprint density at radius 3 is 1.20 bits per heavy atom. The Morgan fingerprint density at radius 1 is 0.246 bits per heavy atom. The molecule has 11 aromatic rings. The summed E-state index contributed by atoms with van der Waals surface area (Å²) in [6, 6.07) is 78.2. The van der Waals surface area contributed by atoms with Gasteiger partial charge in [0.25, 0.3) is 0 Å². The average Bonchev–Trinajstić information content (AvgIpc) is 3.73. The summed E-state index contributed by atoms with van der Waals surface area (Å²) < 4.78 is 6.64. The van der Waals surface area contributed by atoms with E-state index in [4.69, 9.17) is 19.4 Å². The van der Waals surface area contributed by atoms with E-state index >= 15 is 0 Å². The zero-order valence-corrected chi connectivity index (χ0v) is 33.1. The van der Waals surface area contributed by atoms with E-state index in [0.717, 1.165) is 83.1 Å². The smallest absolute Gasteiger partial charge is 0.164 e. The van der Waals surface area contributed by atoms with Gasteiger partial charge in [-0.1, -0.05) is 176 Å². The van der Waals surface area contributed by atoms with Crippen LogP contribution in [0.4, 0.5) is 0 Å². The van der Waals surface area contributed by atoms with Crippen LogP contribution < -0.4 is 0 Å². The van der Waals surface area contributed by atoms with Crippen LogP contribution in [0.2, 0.25) is 0 Å². The number of hydrogen-bond donors (Lipinski definition) is 0. The molecular weight excluding hydrogens is 743 g/mol. The van der Waals surface area contributed by atoms with Crippen molar-refractivity contribution in [3.05, 3.63) is 224 Å². The van der Waals surface area contributed by atoms with Gasteiger partial charge in [-0.25, -0.2) is 15.0 Å². The third-order valence-electron chi connectivity index (χ3n) is 11.3. The van der Waals surface area contributed by atoms with Crippen molar-refractivity contribution in [2.75, 3.05) is 0 Å². The van der Waals surface area contributed by atoms with Crippen molar-refractivity contribution in [3.63, 3.8) is 0 Å². The zero-order valence-electron chi connectivity index (χ0n) is 33.1. The van der Waals surface area contributed by atoms with Crippen molar-refractivity contribution in [1.82, 2.24) is 15.0 Å². The molecule has 61 heavy (non-hydrogen) atoms. The lowest BCUT2D eigenvalue weighted by molar-refractivity contribution is 0.669. The number of benzene rings is 9. The highest BCUT2D eigenvalue weighted by molar-refractivity contribution is 6.13. The second-order valence-corrected chi connectivity index (χ2v) is 15.2. The van der Waals surface area contributed by atoms with Crippen LogP contribution in [0, 0.1) is 0 Å². The molecule has 0 saturated heterocycles. The molecule has 0 saturated carbocycles. The summed E-state index contributed by atoms with van der Waals surface area (Å²) >= 11 is 0. The Hall–Kier alpha value is -8.21. The molecule has 0 spiro atoms. The van der Waals surface area contributed by atoms with E-state index in [1.54, 1.807) is 0 Å². The van der Waals surface area contributed by atoms with E-state index in [2.05, 4.69) is 194 Å². The lowest BCUT2D eigenvalue weighted by Gasteiger charge is -2.13. The normalized spacial score (nSPS) is 11.3. The molecule has 9 aromatic carbocycles. The first-order valence-corrected chi connectivity index (χ1v) is 20.5. The van der Waals surface area contributed by atoms with E-state index in [1.807, 2.05) is 30.3 Å². The predicted octanol–water partition coefficient (Wildman–Crippen LogP) is 15.1. The first-order chi connectivity index (χ1) is 30.2. The lowest BCUT2D eigenvalue weighted by atomic mass is 9.95. The van der Waals surface area contributed by atoms with Crippen molar-refractivity contribution in [1.29, 1.82) is 0 Å². The Labute approximate surface area is 354 Å². The van der Waals surface area contributed by atoms with Crippen LogP contribution in [0.15, 0.2) is 229 Å². The standard InChI is InChI=1S/C57H37N3O/c1-5-16-38(17-6-1)42-24-13-26-44(32-42)50-28-15-29-52-54(50)51-31-30-46(37-53(51)61-52)56-58-55(45-27-14-25-43(33-45)39-18-7-2-8-19-39)59-57(60-56)49-35-47(40-20-9-3-10-21-40)34-48(36-49)41-22-11-4-12-23-41/h1-37H. The summed E-state index contributed by atoms with van der Waals surface area (Å²) in [6.45, 7) is 0. The van der Waals surface area contributed by atoms with Crippen molar-refractivity contribution < 1.29 is 4.42 Å². The molecule has 0 unspecified atom stereocenters. The summed E-state index contributed by atoms with van der Waals surface area (Å²) in [7, 11) is 0. The zero-order chi connectivity index (χ0) is 40.5. The molecule has 0 fully saturated rings. The molecule has 286 valence electrons. The minimum absolute atomic E-state index is 0.564. The average molecular weight is 780 g/mol. The van der Waals surface area contributed by atoms with Gasteiger partial charge in [-0.3, -0.25) is 0 Å². The van der Waals surface area contributed by atoms with Gasteiger partial charge >= 0.3 is 0 Å². The molecule has 0 atom stereocenters. The first-order valence-electron chi connectivity index (χ1n) is 20.5. The topological polar surface area (TPSA) is 51.8 Å². The number of hydrogen-bond acceptors (Lipinski definition) is 4. The molecule has 11 rings (SSSR count). The van der Waals surface area contributed by atoms with Crippen LogP contribution in [0.1, 0.15) is 0 Å².